The van der Waals surface area contributed by atoms with Crippen molar-refractivity contribution in [3.63, 3.8) is 0 Å². The minimum atomic E-state index is -0.626. The SMILES string of the molecule is C=C1C=Cc2c(cc(F)c(-c3ccc(Cl)cc3)c2F)N1. The molecule has 1 N–H and O–H groups in total. The minimum absolute atomic E-state index is 0.0561. The Labute approximate surface area is 120 Å². The Balaban J connectivity index is 2.21. The van der Waals surface area contributed by atoms with E-state index in [1.165, 1.54) is 6.07 Å². The van der Waals surface area contributed by atoms with Gasteiger partial charge in [0.2, 0.25) is 0 Å². The van der Waals surface area contributed by atoms with Crippen molar-refractivity contribution in [1.29, 1.82) is 0 Å². The van der Waals surface area contributed by atoms with Gasteiger partial charge in [0.1, 0.15) is 11.6 Å². The van der Waals surface area contributed by atoms with Gasteiger partial charge >= 0.3 is 0 Å². The van der Waals surface area contributed by atoms with E-state index in [2.05, 4.69) is 11.9 Å². The quantitative estimate of drug-likeness (QED) is 0.757. The molecule has 0 bridgehead atoms. The van der Waals surface area contributed by atoms with E-state index in [4.69, 9.17) is 11.6 Å². The molecule has 3 rings (SSSR count). The summed E-state index contributed by atoms with van der Waals surface area (Å²) in [7, 11) is 0. The van der Waals surface area contributed by atoms with Gasteiger partial charge in [-0.2, -0.15) is 0 Å². The van der Waals surface area contributed by atoms with Crippen LogP contribution in [0.15, 0.2) is 48.7 Å². The van der Waals surface area contributed by atoms with E-state index >= 15 is 0 Å². The molecule has 0 aromatic heterocycles. The van der Waals surface area contributed by atoms with Crippen LogP contribution in [-0.4, -0.2) is 0 Å². The summed E-state index contributed by atoms with van der Waals surface area (Å²) in [5.41, 5.74) is 1.69. The fourth-order valence-electron chi connectivity index (χ4n) is 2.18. The zero-order valence-electron chi connectivity index (χ0n) is 10.4. The van der Waals surface area contributed by atoms with Crippen molar-refractivity contribution < 1.29 is 8.78 Å². The predicted molar refractivity (Wildman–Crippen MR) is 78.6 cm³/mol. The third-order valence-corrected chi connectivity index (χ3v) is 3.39. The Morgan fingerprint density at radius 1 is 1.05 bits per heavy atom. The molecular weight excluding hydrogens is 280 g/mol. The van der Waals surface area contributed by atoms with Crippen LogP contribution in [-0.2, 0) is 0 Å². The van der Waals surface area contributed by atoms with E-state index in [1.807, 2.05) is 0 Å². The van der Waals surface area contributed by atoms with Gasteiger partial charge in [0, 0.05) is 16.3 Å². The first kappa shape index (κ1) is 12.9. The van der Waals surface area contributed by atoms with Gasteiger partial charge in [0.15, 0.2) is 0 Å². The summed E-state index contributed by atoms with van der Waals surface area (Å²) in [5.74, 6) is -1.22. The monoisotopic (exact) mass is 289 g/mol. The molecule has 2 aromatic rings. The first-order chi connectivity index (χ1) is 9.56. The Morgan fingerprint density at radius 3 is 2.45 bits per heavy atom. The largest absolute Gasteiger partial charge is 0.355 e. The standard InChI is InChI=1S/C16H10ClF2N/c1-9-2-7-12-14(20-9)8-13(18)15(16(12)19)10-3-5-11(17)6-4-10/h2-8,20H,1H2. The van der Waals surface area contributed by atoms with Crippen molar-refractivity contribution >= 4 is 23.4 Å². The zero-order chi connectivity index (χ0) is 14.3. The van der Waals surface area contributed by atoms with Gasteiger partial charge in [-0.15, -0.1) is 0 Å². The highest BCUT2D eigenvalue weighted by atomic mass is 35.5. The first-order valence-corrected chi connectivity index (χ1v) is 6.36. The van der Waals surface area contributed by atoms with Crippen LogP contribution in [0.5, 0.6) is 0 Å². The van der Waals surface area contributed by atoms with Crippen molar-refractivity contribution in [3.05, 3.63) is 70.9 Å². The van der Waals surface area contributed by atoms with Crippen LogP contribution < -0.4 is 5.32 Å². The lowest BCUT2D eigenvalue weighted by atomic mass is 9.98. The van der Waals surface area contributed by atoms with Crippen molar-refractivity contribution in [2.24, 2.45) is 0 Å². The number of anilines is 1. The maximum Gasteiger partial charge on any atom is 0.143 e. The number of benzene rings is 2. The number of rotatable bonds is 1. The van der Waals surface area contributed by atoms with E-state index in [0.29, 0.717) is 27.5 Å². The molecule has 20 heavy (non-hydrogen) atoms. The molecule has 4 heteroatoms. The number of fused-ring (bicyclic) bond motifs is 1. The molecule has 0 spiro atoms. The van der Waals surface area contributed by atoms with Gasteiger partial charge in [-0.3, -0.25) is 0 Å². The Kier molecular flexibility index (Phi) is 3.07. The normalized spacial score (nSPS) is 13.1. The van der Waals surface area contributed by atoms with Crippen molar-refractivity contribution in [2.45, 2.75) is 0 Å². The van der Waals surface area contributed by atoms with E-state index in [0.717, 1.165) is 0 Å². The zero-order valence-corrected chi connectivity index (χ0v) is 11.1. The number of nitrogens with one attached hydrogen (secondary N) is 1. The third-order valence-electron chi connectivity index (χ3n) is 3.14. The van der Waals surface area contributed by atoms with Crippen LogP contribution in [0.2, 0.25) is 5.02 Å². The van der Waals surface area contributed by atoms with Gasteiger partial charge in [-0.05, 0) is 35.9 Å². The summed E-state index contributed by atoms with van der Waals surface area (Å²) < 4.78 is 28.7. The van der Waals surface area contributed by atoms with Gasteiger partial charge in [-0.25, -0.2) is 8.78 Å². The van der Waals surface area contributed by atoms with Crippen LogP contribution in [0.3, 0.4) is 0 Å². The first-order valence-electron chi connectivity index (χ1n) is 5.98. The highest BCUT2D eigenvalue weighted by molar-refractivity contribution is 6.30. The Bertz CT molecular complexity index is 733. The molecular formula is C16H10ClF2N. The second-order valence-corrected chi connectivity index (χ2v) is 4.94. The summed E-state index contributed by atoms with van der Waals surface area (Å²) in [6.45, 7) is 3.71. The molecule has 1 aliphatic heterocycles. The van der Waals surface area contributed by atoms with Gasteiger partial charge in [0.25, 0.3) is 0 Å². The fraction of sp³-hybridized carbons (Fsp3) is 0. The molecule has 0 unspecified atom stereocenters. The van der Waals surface area contributed by atoms with E-state index in [9.17, 15) is 8.78 Å². The van der Waals surface area contributed by atoms with Gasteiger partial charge in [0.05, 0.1) is 11.3 Å². The molecule has 100 valence electrons. The lowest BCUT2D eigenvalue weighted by Crippen LogP contribution is -2.06. The molecule has 1 aliphatic rings. The number of halogens is 3. The Morgan fingerprint density at radius 2 is 1.75 bits per heavy atom. The molecule has 0 saturated carbocycles. The lowest BCUT2D eigenvalue weighted by Gasteiger charge is -2.18. The van der Waals surface area contributed by atoms with Crippen molar-refractivity contribution in [3.8, 4) is 11.1 Å². The third kappa shape index (κ3) is 2.10. The summed E-state index contributed by atoms with van der Waals surface area (Å²) >= 11 is 5.79. The second-order valence-electron chi connectivity index (χ2n) is 4.50. The summed E-state index contributed by atoms with van der Waals surface area (Å²) in [4.78, 5) is 0. The maximum atomic E-state index is 14.5. The molecule has 0 fully saturated rings. The minimum Gasteiger partial charge on any atom is -0.355 e. The molecule has 0 radical (unpaired) electrons. The van der Waals surface area contributed by atoms with E-state index < -0.39 is 11.6 Å². The second kappa shape index (κ2) is 4.76. The summed E-state index contributed by atoms with van der Waals surface area (Å²) in [5, 5.41) is 3.37. The number of allylic oxidation sites excluding steroid dienone is 1. The molecule has 1 heterocycles. The summed E-state index contributed by atoms with van der Waals surface area (Å²) in [6.07, 6.45) is 3.23. The highest BCUT2D eigenvalue weighted by Crippen LogP contribution is 2.36. The van der Waals surface area contributed by atoms with Gasteiger partial charge in [-0.1, -0.05) is 30.3 Å². The topological polar surface area (TPSA) is 12.0 Å². The lowest BCUT2D eigenvalue weighted by molar-refractivity contribution is 0.588. The predicted octanol–water partition coefficient (Wildman–Crippen LogP) is 5.24. The molecule has 0 amide bonds. The van der Waals surface area contributed by atoms with Gasteiger partial charge < -0.3 is 5.32 Å². The smallest absolute Gasteiger partial charge is 0.143 e. The molecule has 0 atom stereocenters. The van der Waals surface area contributed by atoms with Crippen LogP contribution in [0.4, 0.5) is 14.5 Å². The maximum absolute atomic E-state index is 14.5. The van der Waals surface area contributed by atoms with Crippen molar-refractivity contribution in [2.75, 3.05) is 5.32 Å². The fourth-order valence-corrected chi connectivity index (χ4v) is 2.31. The van der Waals surface area contributed by atoms with E-state index in [-0.39, 0.29) is 5.56 Å². The van der Waals surface area contributed by atoms with Crippen LogP contribution in [0, 0.1) is 11.6 Å². The van der Waals surface area contributed by atoms with E-state index in [1.54, 1.807) is 36.4 Å². The average Bonchev–Trinajstić information content (AvgIpc) is 2.40. The number of hydrogen-bond donors (Lipinski definition) is 1. The van der Waals surface area contributed by atoms with Crippen LogP contribution in [0.25, 0.3) is 17.2 Å². The summed E-state index contributed by atoms with van der Waals surface area (Å²) in [6, 6.07) is 7.66. The van der Waals surface area contributed by atoms with Crippen molar-refractivity contribution in [1.82, 2.24) is 0 Å². The average molecular weight is 290 g/mol. The number of hydrogen-bond acceptors (Lipinski definition) is 1. The molecule has 1 nitrogen and oxygen atoms in total. The molecule has 0 aliphatic carbocycles. The molecule has 2 aromatic carbocycles. The highest BCUT2D eigenvalue weighted by Gasteiger charge is 2.20. The van der Waals surface area contributed by atoms with Crippen LogP contribution in [0.1, 0.15) is 5.56 Å². The Hall–Kier alpha value is -2.13. The van der Waals surface area contributed by atoms with Crippen LogP contribution >= 0.6 is 11.6 Å². The molecule has 0 saturated heterocycles.